The second kappa shape index (κ2) is 11.5. The summed E-state index contributed by atoms with van der Waals surface area (Å²) >= 11 is 12.7. The maximum absolute atomic E-state index is 13.0. The van der Waals surface area contributed by atoms with E-state index >= 15 is 0 Å². The van der Waals surface area contributed by atoms with Gasteiger partial charge in [0.05, 0.1) is 12.5 Å². The smallest absolute Gasteiger partial charge is 0.387 e. The molecule has 2 aliphatic rings. The first-order valence-electron chi connectivity index (χ1n) is 11.4. The minimum Gasteiger partial charge on any atom is -0.489 e. The number of aromatic amines is 1. The first-order chi connectivity index (χ1) is 16.4. The lowest BCUT2D eigenvalue weighted by Gasteiger charge is -2.26. The molecule has 2 heterocycles. The Balaban J connectivity index is 1.63. The van der Waals surface area contributed by atoms with E-state index < -0.39 is 12.7 Å². The lowest BCUT2D eigenvalue weighted by molar-refractivity contribution is -0.377. The third kappa shape index (κ3) is 6.71. The second-order valence-corrected chi connectivity index (χ2v) is 9.46. The molecule has 1 saturated heterocycles. The number of hydrogen-bond donors (Lipinski definition) is 1. The maximum atomic E-state index is 13.0. The molecule has 1 aliphatic carbocycles. The van der Waals surface area contributed by atoms with Gasteiger partial charge in [-0.3, -0.25) is 4.79 Å². The van der Waals surface area contributed by atoms with Crippen molar-refractivity contribution < 1.29 is 32.8 Å². The van der Waals surface area contributed by atoms with Crippen molar-refractivity contribution in [3.05, 3.63) is 51.8 Å². The van der Waals surface area contributed by atoms with Crippen LogP contribution in [0.1, 0.15) is 42.9 Å². The minimum absolute atomic E-state index is 0.0636. The number of carbonyl (C=O) groups is 1. The summed E-state index contributed by atoms with van der Waals surface area (Å²) in [6.45, 7) is -1.16. The fraction of sp³-hybridized carbons (Fsp3) is 0.500. The number of benzene rings is 1. The van der Waals surface area contributed by atoms with E-state index in [0.717, 1.165) is 32.2 Å². The Hall–Kier alpha value is -2.16. The van der Waals surface area contributed by atoms with Gasteiger partial charge in [-0.1, -0.05) is 29.3 Å². The van der Waals surface area contributed by atoms with Crippen LogP contribution in [0.5, 0.6) is 11.5 Å². The van der Waals surface area contributed by atoms with Gasteiger partial charge in [0.2, 0.25) is 0 Å². The summed E-state index contributed by atoms with van der Waals surface area (Å²) in [5.41, 5.74) is 1.18. The zero-order valence-corrected chi connectivity index (χ0v) is 20.0. The highest BCUT2D eigenvalue weighted by Gasteiger charge is 2.29. The van der Waals surface area contributed by atoms with Crippen LogP contribution < -0.4 is 19.8 Å². The predicted octanol–water partition coefficient (Wildman–Crippen LogP) is 5.02. The maximum Gasteiger partial charge on any atom is 0.387 e. The molecule has 34 heavy (non-hydrogen) atoms. The number of nitrogens with one attached hydrogen (secondary N) is 2. The van der Waals surface area contributed by atoms with E-state index in [1.165, 1.54) is 6.07 Å². The Bertz CT molecular complexity index is 981. The highest BCUT2D eigenvalue weighted by atomic mass is 35.5. The average Bonchev–Trinajstić information content (AvgIpc) is 3.65. The van der Waals surface area contributed by atoms with Gasteiger partial charge in [0.1, 0.15) is 16.1 Å². The number of carbonyl (C=O) groups excluding carboxylic acids is 1. The van der Waals surface area contributed by atoms with Crippen molar-refractivity contribution in [2.24, 2.45) is 11.8 Å². The van der Waals surface area contributed by atoms with Crippen LogP contribution in [-0.2, 0) is 16.0 Å². The first kappa shape index (κ1) is 24.9. The van der Waals surface area contributed by atoms with Gasteiger partial charge in [-0.05, 0) is 55.8 Å². The molecule has 0 amide bonds. The summed E-state index contributed by atoms with van der Waals surface area (Å²) in [5.74, 6) is -0.0673. The summed E-state index contributed by atoms with van der Waals surface area (Å²) in [6.07, 6.45) is 6.34. The number of esters is 1. The third-order valence-corrected chi connectivity index (χ3v) is 6.68. The number of piperidine rings is 1. The predicted molar refractivity (Wildman–Crippen MR) is 122 cm³/mol. The largest absolute Gasteiger partial charge is 0.489 e. The van der Waals surface area contributed by atoms with Crippen molar-refractivity contribution in [1.29, 1.82) is 0 Å². The summed E-state index contributed by atoms with van der Waals surface area (Å²) in [6, 6.07) is 4.60. The van der Waals surface area contributed by atoms with Gasteiger partial charge >= 0.3 is 12.6 Å². The quantitative estimate of drug-likeness (QED) is 0.449. The van der Waals surface area contributed by atoms with E-state index in [-0.39, 0.29) is 29.8 Å². The number of alkyl halides is 2. The highest BCUT2D eigenvalue weighted by Crippen LogP contribution is 2.38. The standard InChI is InChI=1S/C24H26Cl2F2N2O4/c25-18-11-30-12-19(26)17(18)9-21(33-23(31)16-2-1-7-29-10-16)15-5-6-20(34-24(27)28)22(8-15)32-13-14-3-4-14/h5-6,8,11-12,14,16,21,24,29H,1-4,7,9-10,13H2/p+1/t16-,21-/m0/s1. The van der Waals surface area contributed by atoms with Crippen molar-refractivity contribution >= 4 is 29.2 Å². The molecular formula is C24H27Cl2F2N2O4+. The Morgan fingerprint density at radius 3 is 2.56 bits per heavy atom. The lowest BCUT2D eigenvalue weighted by atomic mass is 9.98. The van der Waals surface area contributed by atoms with Crippen LogP contribution in [0.3, 0.4) is 0 Å². The first-order valence-corrected chi connectivity index (χ1v) is 12.1. The van der Waals surface area contributed by atoms with Crippen LogP contribution in [0.25, 0.3) is 0 Å². The number of rotatable bonds is 10. The number of halogens is 4. The molecule has 2 atom stereocenters. The van der Waals surface area contributed by atoms with Crippen molar-refractivity contribution in [3.8, 4) is 11.5 Å². The Morgan fingerprint density at radius 1 is 1.15 bits per heavy atom. The molecule has 0 radical (unpaired) electrons. The molecule has 4 rings (SSSR count). The summed E-state index contributed by atoms with van der Waals surface area (Å²) < 4.78 is 42.3. The van der Waals surface area contributed by atoms with Crippen molar-refractivity contribution in [2.75, 3.05) is 19.7 Å². The molecule has 1 saturated carbocycles. The minimum atomic E-state index is -2.99. The van der Waals surface area contributed by atoms with Crippen molar-refractivity contribution in [2.45, 2.75) is 44.8 Å². The summed E-state index contributed by atoms with van der Waals surface area (Å²) in [5, 5.41) is 4.01. The fourth-order valence-electron chi connectivity index (χ4n) is 3.90. The normalized spacial score (nSPS) is 19.0. The van der Waals surface area contributed by atoms with Crippen LogP contribution in [0, 0.1) is 11.8 Å². The topological polar surface area (TPSA) is 70.9 Å². The van der Waals surface area contributed by atoms with Crippen molar-refractivity contribution in [1.82, 2.24) is 5.32 Å². The van der Waals surface area contributed by atoms with Crippen molar-refractivity contribution in [3.63, 3.8) is 0 Å². The SMILES string of the molecule is O=C(O[C@@H](Cc1c(Cl)c[nH+]cc1Cl)c1ccc(OC(F)F)c(OCC2CC2)c1)[C@H]1CCCNC1. The second-order valence-electron chi connectivity index (χ2n) is 8.64. The van der Waals surface area contributed by atoms with E-state index in [0.29, 0.717) is 40.2 Å². The van der Waals surface area contributed by atoms with Crippen LogP contribution in [0.2, 0.25) is 10.0 Å². The molecule has 0 bridgehead atoms. The van der Waals surface area contributed by atoms with Crippen LogP contribution in [0.4, 0.5) is 8.78 Å². The molecule has 1 aromatic carbocycles. The van der Waals surface area contributed by atoms with Gasteiger partial charge in [-0.15, -0.1) is 0 Å². The number of pyridine rings is 1. The van der Waals surface area contributed by atoms with Gasteiger partial charge < -0.3 is 19.5 Å². The molecular weight excluding hydrogens is 489 g/mol. The zero-order chi connectivity index (χ0) is 24.1. The molecule has 0 spiro atoms. The summed E-state index contributed by atoms with van der Waals surface area (Å²) in [7, 11) is 0. The molecule has 0 unspecified atom stereocenters. The van der Waals surface area contributed by atoms with E-state index in [1.54, 1.807) is 24.5 Å². The highest BCUT2D eigenvalue weighted by molar-refractivity contribution is 6.35. The molecule has 2 aromatic rings. The molecule has 1 aliphatic heterocycles. The van der Waals surface area contributed by atoms with Gasteiger partial charge in [-0.25, -0.2) is 4.98 Å². The van der Waals surface area contributed by atoms with E-state index in [4.69, 9.17) is 32.7 Å². The van der Waals surface area contributed by atoms with Crippen LogP contribution in [-0.4, -0.2) is 32.3 Å². The monoisotopic (exact) mass is 515 g/mol. The van der Waals surface area contributed by atoms with Gasteiger partial charge in [0, 0.05) is 18.5 Å². The average molecular weight is 516 g/mol. The molecule has 184 valence electrons. The van der Waals surface area contributed by atoms with E-state index in [2.05, 4.69) is 15.0 Å². The molecule has 6 nitrogen and oxygen atoms in total. The number of H-pyrrole nitrogens is 1. The molecule has 2 fully saturated rings. The Kier molecular flexibility index (Phi) is 8.45. The molecule has 1 aromatic heterocycles. The zero-order valence-electron chi connectivity index (χ0n) is 18.5. The van der Waals surface area contributed by atoms with Gasteiger partial charge in [0.25, 0.3) is 0 Å². The van der Waals surface area contributed by atoms with Gasteiger partial charge in [-0.2, -0.15) is 8.78 Å². The number of hydrogen-bond acceptors (Lipinski definition) is 5. The van der Waals surface area contributed by atoms with Gasteiger partial charge in [0.15, 0.2) is 23.9 Å². The molecule has 2 N–H and O–H groups in total. The van der Waals surface area contributed by atoms with Crippen LogP contribution in [0.15, 0.2) is 30.6 Å². The summed E-state index contributed by atoms with van der Waals surface area (Å²) in [4.78, 5) is 15.8. The Labute approximate surface area is 206 Å². The van der Waals surface area contributed by atoms with Crippen LogP contribution >= 0.6 is 23.2 Å². The fourth-order valence-corrected chi connectivity index (χ4v) is 4.43. The molecule has 10 heteroatoms. The lowest BCUT2D eigenvalue weighted by Crippen LogP contribution is -2.36. The number of ether oxygens (including phenoxy) is 3. The Morgan fingerprint density at radius 2 is 1.91 bits per heavy atom. The van der Waals surface area contributed by atoms with E-state index in [1.807, 2.05) is 0 Å². The third-order valence-electron chi connectivity index (χ3n) is 6.00. The van der Waals surface area contributed by atoms with E-state index in [9.17, 15) is 13.6 Å². The number of aromatic nitrogens is 1.